The molecule has 0 bridgehead atoms. The van der Waals surface area contributed by atoms with Gasteiger partial charge < -0.3 is 9.30 Å². The molecule has 3 aromatic rings. The van der Waals surface area contributed by atoms with Crippen molar-refractivity contribution < 1.29 is 26.4 Å². The molecule has 12 heteroatoms. The van der Waals surface area contributed by atoms with Crippen LogP contribution in [0, 0.1) is 5.92 Å². The van der Waals surface area contributed by atoms with E-state index in [4.69, 9.17) is 4.74 Å². The number of fused-ring (bicyclic) bond motifs is 1. The van der Waals surface area contributed by atoms with Gasteiger partial charge in [-0.3, -0.25) is 4.79 Å². The third-order valence-corrected chi connectivity index (χ3v) is 10.2. The highest BCUT2D eigenvalue weighted by Crippen LogP contribution is 2.29. The summed E-state index contributed by atoms with van der Waals surface area (Å²) in [6.45, 7) is 0.220. The number of carbonyl (C=O) groups excluding carboxylic acids is 1. The lowest BCUT2D eigenvalue weighted by Crippen LogP contribution is -2.40. The van der Waals surface area contributed by atoms with Crippen molar-refractivity contribution >= 4 is 47.3 Å². The molecule has 1 aliphatic heterocycles. The van der Waals surface area contributed by atoms with Crippen LogP contribution in [0.1, 0.15) is 12.8 Å². The molecule has 4 rings (SSSR count). The van der Waals surface area contributed by atoms with E-state index in [1.807, 2.05) is 29.8 Å². The zero-order valence-electron chi connectivity index (χ0n) is 19.0. The SMILES string of the molecule is COc1cccc2sc(=NC(=O)C3CCN(S(=O)(=O)c4ccccc4S(C)(=O)=O)CC3)n(C)c12. The minimum Gasteiger partial charge on any atom is -0.495 e. The average Bonchev–Trinajstić information content (AvgIpc) is 3.13. The minimum atomic E-state index is -4.02. The number of hydrogen-bond donors (Lipinski definition) is 0. The van der Waals surface area contributed by atoms with Crippen LogP contribution in [0.2, 0.25) is 0 Å². The molecule has 0 unspecified atom stereocenters. The van der Waals surface area contributed by atoms with Crippen LogP contribution >= 0.6 is 11.3 Å². The number of thiazole rings is 1. The van der Waals surface area contributed by atoms with Gasteiger partial charge in [0.25, 0.3) is 5.91 Å². The highest BCUT2D eigenvalue weighted by atomic mass is 32.2. The van der Waals surface area contributed by atoms with Crippen molar-refractivity contribution in [2.45, 2.75) is 22.6 Å². The molecule has 9 nitrogen and oxygen atoms in total. The van der Waals surface area contributed by atoms with E-state index < -0.39 is 25.8 Å². The fourth-order valence-electron chi connectivity index (χ4n) is 4.08. The van der Waals surface area contributed by atoms with E-state index in [-0.39, 0.29) is 28.8 Å². The van der Waals surface area contributed by atoms with Gasteiger partial charge in [0.2, 0.25) is 10.0 Å². The largest absolute Gasteiger partial charge is 0.495 e. The number of nitrogens with zero attached hydrogens (tertiary/aromatic N) is 3. The van der Waals surface area contributed by atoms with Crippen molar-refractivity contribution in [2.75, 3.05) is 26.5 Å². The maximum Gasteiger partial charge on any atom is 0.251 e. The molecule has 1 aliphatic rings. The first-order chi connectivity index (χ1) is 16.0. The lowest BCUT2D eigenvalue weighted by Gasteiger charge is -2.30. The quantitative estimate of drug-likeness (QED) is 0.506. The molecule has 182 valence electrons. The molecule has 1 aromatic heterocycles. The van der Waals surface area contributed by atoms with Gasteiger partial charge in [-0.25, -0.2) is 16.8 Å². The standard InChI is InChI=1S/C22H25N3O6S3/c1-24-20-16(31-2)7-6-8-17(20)32-22(24)23-21(26)15-11-13-25(14-12-15)34(29,30)19-10-5-4-9-18(19)33(3,27)28/h4-10,15H,11-14H2,1-3H3. The molecule has 2 heterocycles. The second kappa shape index (κ2) is 9.25. The van der Waals surface area contributed by atoms with Crippen LogP contribution in [-0.2, 0) is 31.7 Å². The van der Waals surface area contributed by atoms with Crippen LogP contribution in [0.5, 0.6) is 5.75 Å². The summed E-state index contributed by atoms with van der Waals surface area (Å²) in [7, 11) is -4.33. The zero-order valence-corrected chi connectivity index (χ0v) is 21.4. The fourth-order valence-corrected chi connectivity index (χ4v) is 8.19. The van der Waals surface area contributed by atoms with Crippen molar-refractivity contribution in [2.24, 2.45) is 18.0 Å². The molecule has 1 amide bonds. The number of sulfonamides is 1. The number of ether oxygens (including phenoxy) is 1. The van der Waals surface area contributed by atoms with E-state index in [2.05, 4.69) is 4.99 Å². The van der Waals surface area contributed by atoms with Crippen molar-refractivity contribution in [1.82, 2.24) is 8.87 Å². The van der Waals surface area contributed by atoms with E-state index in [0.29, 0.717) is 23.4 Å². The number of amides is 1. The number of carbonyl (C=O) groups is 1. The first kappa shape index (κ1) is 24.6. The summed E-state index contributed by atoms with van der Waals surface area (Å²) in [5, 5.41) is 0. The number of aryl methyl sites for hydroxylation is 1. The normalized spacial score (nSPS) is 16.7. The Bertz CT molecular complexity index is 1530. The number of hydrogen-bond acceptors (Lipinski definition) is 7. The summed E-state index contributed by atoms with van der Waals surface area (Å²) in [5.74, 6) is -0.0172. The maximum atomic E-state index is 13.2. The maximum absolute atomic E-state index is 13.2. The van der Waals surface area contributed by atoms with Crippen molar-refractivity contribution in [3.05, 3.63) is 47.3 Å². The summed E-state index contributed by atoms with van der Waals surface area (Å²) < 4.78 is 59.9. The highest BCUT2D eigenvalue weighted by Gasteiger charge is 2.34. The number of sulfone groups is 1. The zero-order chi connectivity index (χ0) is 24.7. The second-order valence-corrected chi connectivity index (χ2v) is 13.0. The summed E-state index contributed by atoms with van der Waals surface area (Å²) in [6.07, 6.45) is 1.60. The molecule has 0 saturated carbocycles. The van der Waals surface area contributed by atoms with Gasteiger partial charge >= 0.3 is 0 Å². The van der Waals surface area contributed by atoms with Crippen molar-refractivity contribution in [1.29, 1.82) is 0 Å². The third kappa shape index (κ3) is 4.54. The van der Waals surface area contributed by atoms with E-state index in [0.717, 1.165) is 16.5 Å². The summed E-state index contributed by atoms with van der Waals surface area (Å²) in [4.78, 5) is 17.3. The van der Waals surface area contributed by atoms with Gasteiger partial charge in [-0.1, -0.05) is 29.5 Å². The number of para-hydroxylation sites is 1. The predicted octanol–water partition coefficient (Wildman–Crippen LogP) is 2.18. The topological polar surface area (TPSA) is 115 Å². The highest BCUT2D eigenvalue weighted by molar-refractivity contribution is 7.93. The number of rotatable bonds is 5. The Morgan fingerprint density at radius 3 is 2.29 bits per heavy atom. The fraction of sp³-hybridized carbons (Fsp3) is 0.364. The predicted molar refractivity (Wildman–Crippen MR) is 129 cm³/mol. The van der Waals surface area contributed by atoms with Crippen LogP contribution in [0.3, 0.4) is 0 Å². The van der Waals surface area contributed by atoms with Crippen molar-refractivity contribution in [3.63, 3.8) is 0 Å². The van der Waals surface area contributed by atoms with Crippen LogP contribution in [0.25, 0.3) is 10.2 Å². The van der Waals surface area contributed by atoms with E-state index >= 15 is 0 Å². The Labute approximate surface area is 202 Å². The molecule has 1 saturated heterocycles. The monoisotopic (exact) mass is 523 g/mol. The second-order valence-electron chi connectivity index (χ2n) is 8.10. The number of benzene rings is 2. The van der Waals surface area contributed by atoms with Crippen LogP contribution < -0.4 is 9.54 Å². The van der Waals surface area contributed by atoms with Gasteiger partial charge in [0.05, 0.1) is 16.7 Å². The smallest absolute Gasteiger partial charge is 0.251 e. The van der Waals surface area contributed by atoms with Gasteiger partial charge in [-0.15, -0.1) is 0 Å². The van der Waals surface area contributed by atoms with Gasteiger partial charge in [0, 0.05) is 32.3 Å². The molecule has 34 heavy (non-hydrogen) atoms. The molecular formula is C22H25N3O6S3. The molecular weight excluding hydrogens is 498 g/mol. The molecule has 0 spiro atoms. The van der Waals surface area contributed by atoms with Gasteiger partial charge in [0.15, 0.2) is 14.6 Å². The van der Waals surface area contributed by atoms with E-state index in [9.17, 15) is 21.6 Å². The Morgan fingerprint density at radius 2 is 1.68 bits per heavy atom. The molecule has 0 N–H and O–H groups in total. The molecule has 0 radical (unpaired) electrons. The van der Waals surface area contributed by atoms with Crippen molar-refractivity contribution in [3.8, 4) is 5.75 Å². The first-order valence-electron chi connectivity index (χ1n) is 10.5. The number of aromatic nitrogens is 1. The lowest BCUT2D eigenvalue weighted by atomic mass is 9.98. The molecule has 2 aromatic carbocycles. The minimum absolute atomic E-state index is 0.110. The Hall–Kier alpha value is -2.54. The third-order valence-electron chi connectivity index (χ3n) is 5.88. The summed E-state index contributed by atoms with van der Waals surface area (Å²) in [6, 6.07) is 11.2. The van der Waals surface area contributed by atoms with Crippen LogP contribution in [-0.4, -0.2) is 58.1 Å². The Morgan fingerprint density at radius 1 is 1.03 bits per heavy atom. The lowest BCUT2D eigenvalue weighted by molar-refractivity contribution is -0.122. The molecule has 1 fully saturated rings. The average molecular weight is 524 g/mol. The Balaban J connectivity index is 1.55. The molecule has 0 atom stereocenters. The van der Waals surface area contributed by atoms with Crippen LogP contribution in [0.4, 0.5) is 0 Å². The number of methoxy groups -OCH3 is 1. The van der Waals surface area contributed by atoms with E-state index in [1.165, 1.54) is 39.9 Å². The van der Waals surface area contributed by atoms with Crippen LogP contribution in [0.15, 0.2) is 57.2 Å². The first-order valence-corrected chi connectivity index (χ1v) is 14.7. The van der Waals surface area contributed by atoms with Gasteiger partial charge in [-0.05, 0) is 37.1 Å². The van der Waals surface area contributed by atoms with Gasteiger partial charge in [0.1, 0.15) is 16.2 Å². The Kier molecular flexibility index (Phi) is 6.69. The summed E-state index contributed by atoms with van der Waals surface area (Å²) in [5.41, 5.74) is 0.854. The molecule has 0 aliphatic carbocycles. The summed E-state index contributed by atoms with van der Waals surface area (Å²) >= 11 is 1.38. The van der Waals surface area contributed by atoms with E-state index in [1.54, 1.807) is 7.11 Å². The number of piperidine rings is 1. The van der Waals surface area contributed by atoms with Gasteiger partial charge in [-0.2, -0.15) is 9.30 Å².